The quantitative estimate of drug-likeness (QED) is 0.549. The van der Waals surface area contributed by atoms with E-state index in [2.05, 4.69) is 20.2 Å². The van der Waals surface area contributed by atoms with Gasteiger partial charge in [-0.1, -0.05) is 0 Å². The number of nitrogens with zero attached hydrogens (tertiary/aromatic N) is 4. The molecule has 2 aromatic heterocycles. The third-order valence-corrected chi connectivity index (χ3v) is 1.49. The lowest BCUT2D eigenvalue weighted by atomic mass is 10.3. The molecule has 0 aliphatic rings. The van der Waals surface area contributed by atoms with Crippen LogP contribution in [0.4, 0.5) is 0 Å². The third-order valence-electron chi connectivity index (χ3n) is 1.49. The van der Waals surface area contributed by atoms with Crippen LogP contribution in [0.15, 0.2) is 18.7 Å². The number of fused-ring (bicyclic) bond motifs is 1. The van der Waals surface area contributed by atoms with E-state index in [-0.39, 0.29) is 0 Å². The van der Waals surface area contributed by atoms with E-state index in [1.54, 1.807) is 12.4 Å². The van der Waals surface area contributed by atoms with Gasteiger partial charge in [-0.15, -0.1) is 10.2 Å². The lowest BCUT2D eigenvalue weighted by molar-refractivity contribution is 1.01. The second-order valence-electron chi connectivity index (χ2n) is 2.28. The van der Waals surface area contributed by atoms with E-state index in [4.69, 9.17) is 0 Å². The van der Waals surface area contributed by atoms with Gasteiger partial charge >= 0.3 is 0 Å². The van der Waals surface area contributed by atoms with Crippen molar-refractivity contribution >= 4 is 11.0 Å². The first-order chi connectivity index (χ1) is 5.38. The van der Waals surface area contributed by atoms with Gasteiger partial charge in [0.25, 0.3) is 0 Å². The van der Waals surface area contributed by atoms with Crippen LogP contribution in [0.1, 0.15) is 5.56 Å². The van der Waals surface area contributed by atoms with Gasteiger partial charge in [0.2, 0.25) is 0 Å². The van der Waals surface area contributed by atoms with Crippen LogP contribution in [-0.2, 0) is 0 Å². The summed E-state index contributed by atoms with van der Waals surface area (Å²) in [4.78, 5) is 8.04. The first-order valence-corrected chi connectivity index (χ1v) is 3.26. The average molecular weight is 146 g/mol. The van der Waals surface area contributed by atoms with E-state index >= 15 is 0 Å². The van der Waals surface area contributed by atoms with Crippen LogP contribution in [0.5, 0.6) is 0 Å². The molecule has 0 saturated heterocycles. The highest BCUT2D eigenvalue weighted by atomic mass is 15.1. The third kappa shape index (κ3) is 0.920. The second kappa shape index (κ2) is 2.23. The molecule has 0 bridgehead atoms. The highest BCUT2D eigenvalue weighted by Crippen LogP contribution is 2.08. The molecule has 0 N–H and O–H groups in total. The van der Waals surface area contributed by atoms with E-state index < -0.39 is 0 Å². The Kier molecular flexibility index (Phi) is 1.25. The number of hydrogen-bond acceptors (Lipinski definition) is 4. The van der Waals surface area contributed by atoms with E-state index in [1.165, 1.54) is 6.33 Å². The minimum absolute atomic E-state index is 0.743. The van der Waals surface area contributed by atoms with Gasteiger partial charge < -0.3 is 0 Å². The van der Waals surface area contributed by atoms with Crippen LogP contribution in [0.3, 0.4) is 0 Å². The minimum atomic E-state index is 0.743. The molecule has 4 nitrogen and oxygen atoms in total. The maximum atomic E-state index is 4.07. The topological polar surface area (TPSA) is 51.6 Å². The molecule has 0 spiro atoms. The van der Waals surface area contributed by atoms with Crippen molar-refractivity contribution in [1.82, 2.24) is 20.2 Å². The molecule has 2 aromatic rings. The predicted molar refractivity (Wildman–Crippen MR) is 39.9 cm³/mol. The second-order valence-corrected chi connectivity index (χ2v) is 2.28. The molecule has 0 aliphatic heterocycles. The zero-order valence-electron chi connectivity index (χ0n) is 6.02. The maximum absolute atomic E-state index is 4.07. The van der Waals surface area contributed by atoms with Crippen molar-refractivity contribution in [1.29, 1.82) is 0 Å². The molecule has 0 amide bonds. The van der Waals surface area contributed by atoms with Gasteiger partial charge in [-0.3, -0.25) is 4.98 Å². The number of aromatic nitrogens is 4. The van der Waals surface area contributed by atoms with E-state index in [0.29, 0.717) is 0 Å². The molecule has 0 aromatic carbocycles. The molecule has 0 radical (unpaired) electrons. The summed E-state index contributed by atoms with van der Waals surface area (Å²) in [7, 11) is 0. The monoisotopic (exact) mass is 146 g/mol. The van der Waals surface area contributed by atoms with Crippen LogP contribution in [-0.4, -0.2) is 20.2 Å². The van der Waals surface area contributed by atoms with Crippen LogP contribution >= 0.6 is 0 Å². The molecule has 0 unspecified atom stereocenters. The lowest BCUT2D eigenvalue weighted by Gasteiger charge is -1.95. The Bertz CT molecular complexity index is 380. The number of aryl methyl sites for hydroxylation is 1. The van der Waals surface area contributed by atoms with Gasteiger partial charge in [0.05, 0.1) is 11.7 Å². The van der Waals surface area contributed by atoms with Gasteiger partial charge in [0.15, 0.2) is 0 Å². The summed E-state index contributed by atoms with van der Waals surface area (Å²) in [5.41, 5.74) is 2.64. The van der Waals surface area contributed by atoms with Crippen molar-refractivity contribution in [2.24, 2.45) is 0 Å². The average Bonchev–Trinajstić information content (AvgIpc) is 2.06. The fraction of sp³-hybridized carbons (Fsp3) is 0.143. The highest BCUT2D eigenvalue weighted by Gasteiger charge is 1.97. The maximum Gasteiger partial charge on any atom is 0.138 e. The molecule has 2 heterocycles. The molecule has 0 aliphatic carbocycles. The minimum Gasteiger partial charge on any atom is -0.262 e. The molecule has 0 atom stereocenters. The van der Waals surface area contributed by atoms with Gasteiger partial charge in [0, 0.05) is 6.20 Å². The first kappa shape index (κ1) is 6.15. The van der Waals surface area contributed by atoms with E-state index in [0.717, 1.165) is 16.6 Å². The Morgan fingerprint density at radius 3 is 3.00 bits per heavy atom. The first-order valence-electron chi connectivity index (χ1n) is 3.26. The number of pyridine rings is 1. The molecule has 4 heteroatoms. The summed E-state index contributed by atoms with van der Waals surface area (Å²) in [5.74, 6) is 0. The Balaban J connectivity index is 2.91. The van der Waals surface area contributed by atoms with Crippen LogP contribution in [0.25, 0.3) is 11.0 Å². The van der Waals surface area contributed by atoms with Crippen LogP contribution in [0.2, 0.25) is 0 Å². The molecular weight excluding hydrogens is 140 g/mol. The Hall–Kier alpha value is -1.58. The van der Waals surface area contributed by atoms with E-state index in [1.807, 2.05) is 6.92 Å². The SMILES string of the molecule is Cc1cncc2nncnc12. The summed E-state index contributed by atoms with van der Waals surface area (Å²) in [6.45, 7) is 1.95. The summed E-state index contributed by atoms with van der Waals surface area (Å²) >= 11 is 0. The molecule has 11 heavy (non-hydrogen) atoms. The van der Waals surface area contributed by atoms with Crippen molar-refractivity contribution in [2.45, 2.75) is 6.92 Å². The fourth-order valence-electron chi connectivity index (χ4n) is 0.957. The summed E-state index contributed by atoms with van der Waals surface area (Å²) in [6.07, 6.45) is 4.86. The zero-order valence-corrected chi connectivity index (χ0v) is 6.02. The van der Waals surface area contributed by atoms with Gasteiger partial charge in [-0.2, -0.15) is 0 Å². The van der Waals surface area contributed by atoms with Crippen molar-refractivity contribution in [3.63, 3.8) is 0 Å². The van der Waals surface area contributed by atoms with Gasteiger partial charge in [0.1, 0.15) is 11.8 Å². The lowest BCUT2D eigenvalue weighted by Crippen LogP contribution is -1.89. The van der Waals surface area contributed by atoms with Crippen molar-refractivity contribution in [2.75, 3.05) is 0 Å². The molecule has 0 fully saturated rings. The summed E-state index contributed by atoms with van der Waals surface area (Å²) in [5, 5.41) is 7.52. The van der Waals surface area contributed by atoms with Crippen LogP contribution in [0, 0.1) is 6.92 Å². The molecule has 2 rings (SSSR count). The molecule has 54 valence electrons. The summed E-state index contributed by atoms with van der Waals surface area (Å²) < 4.78 is 0. The predicted octanol–water partition coefficient (Wildman–Crippen LogP) is 0.728. The van der Waals surface area contributed by atoms with Gasteiger partial charge in [-0.05, 0) is 12.5 Å². The standard InChI is InChI=1S/C7H6N4/c1-5-2-8-3-6-7(5)9-4-10-11-6/h2-4H,1H3. The Labute approximate surface area is 63.3 Å². The van der Waals surface area contributed by atoms with Crippen molar-refractivity contribution < 1.29 is 0 Å². The normalized spacial score (nSPS) is 10.3. The smallest absolute Gasteiger partial charge is 0.138 e. The highest BCUT2D eigenvalue weighted by molar-refractivity contribution is 5.75. The Morgan fingerprint density at radius 2 is 2.18 bits per heavy atom. The molecule has 0 saturated carbocycles. The number of hydrogen-bond donors (Lipinski definition) is 0. The van der Waals surface area contributed by atoms with Crippen LogP contribution < -0.4 is 0 Å². The van der Waals surface area contributed by atoms with Crippen molar-refractivity contribution in [3.8, 4) is 0 Å². The molecular formula is C7H6N4. The van der Waals surface area contributed by atoms with Crippen molar-refractivity contribution in [3.05, 3.63) is 24.3 Å². The zero-order chi connectivity index (χ0) is 7.68. The largest absolute Gasteiger partial charge is 0.262 e. The summed E-state index contributed by atoms with van der Waals surface area (Å²) in [6, 6.07) is 0. The number of rotatable bonds is 0. The Morgan fingerprint density at radius 1 is 1.27 bits per heavy atom. The van der Waals surface area contributed by atoms with E-state index in [9.17, 15) is 0 Å². The van der Waals surface area contributed by atoms with Gasteiger partial charge in [-0.25, -0.2) is 4.98 Å². The fourth-order valence-corrected chi connectivity index (χ4v) is 0.957.